The zero-order chi connectivity index (χ0) is 21.3. The van der Waals surface area contributed by atoms with E-state index in [2.05, 4.69) is 36.1 Å². The van der Waals surface area contributed by atoms with E-state index in [4.69, 9.17) is 9.97 Å². The zero-order valence-corrected chi connectivity index (χ0v) is 18.9. The average Bonchev–Trinajstić information content (AvgIpc) is 2.75. The van der Waals surface area contributed by atoms with Crippen molar-refractivity contribution in [3.05, 3.63) is 53.0 Å². The second kappa shape index (κ2) is 8.61. The Balaban J connectivity index is 1.55. The van der Waals surface area contributed by atoms with Gasteiger partial charge in [0.15, 0.2) is 0 Å². The zero-order valence-electron chi connectivity index (χ0n) is 18.1. The van der Waals surface area contributed by atoms with E-state index < -0.39 is 10.2 Å². The van der Waals surface area contributed by atoms with Crippen LogP contribution in [-0.4, -0.2) is 60.7 Å². The summed E-state index contributed by atoms with van der Waals surface area (Å²) in [6.07, 6.45) is 3.64. The largest absolute Gasteiger partial charge is 0.352 e. The van der Waals surface area contributed by atoms with Crippen molar-refractivity contribution < 1.29 is 8.42 Å². The molecule has 2 aromatic rings. The lowest BCUT2D eigenvalue weighted by atomic mass is 9.96. The highest BCUT2D eigenvalue weighted by Crippen LogP contribution is 2.33. The van der Waals surface area contributed by atoms with E-state index in [9.17, 15) is 8.42 Å². The van der Waals surface area contributed by atoms with Crippen LogP contribution in [0.25, 0.3) is 0 Å². The molecular formula is C22H31N5O2S. The predicted octanol–water partition coefficient (Wildman–Crippen LogP) is 2.72. The molecule has 0 bridgehead atoms. The van der Waals surface area contributed by atoms with E-state index in [1.807, 2.05) is 6.07 Å². The van der Waals surface area contributed by atoms with Crippen molar-refractivity contribution in [2.75, 3.05) is 38.6 Å². The van der Waals surface area contributed by atoms with Crippen molar-refractivity contribution in [1.29, 1.82) is 0 Å². The molecule has 2 aliphatic rings. The molecule has 4 rings (SSSR count). The van der Waals surface area contributed by atoms with E-state index in [1.54, 1.807) is 18.4 Å². The van der Waals surface area contributed by atoms with Crippen LogP contribution in [0.5, 0.6) is 0 Å². The van der Waals surface area contributed by atoms with Crippen LogP contribution >= 0.6 is 0 Å². The summed E-state index contributed by atoms with van der Waals surface area (Å²) >= 11 is 0. The molecule has 0 amide bonds. The highest BCUT2D eigenvalue weighted by Gasteiger charge is 2.32. The van der Waals surface area contributed by atoms with Crippen LogP contribution in [0.15, 0.2) is 30.3 Å². The maximum atomic E-state index is 12.4. The Labute approximate surface area is 179 Å². The first kappa shape index (κ1) is 21.2. The number of benzene rings is 1. The monoisotopic (exact) mass is 429 g/mol. The van der Waals surface area contributed by atoms with Crippen molar-refractivity contribution in [2.24, 2.45) is 0 Å². The second-order valence-electron chi connectivity index (χ2n) is 8.44. The number of hydrogen-bond acceptors (Lipinski definition) is 5. The number of aryl methyl sites for hydroxylation is 1. The van der Waals surface area contributed by atoms with Gasteiger partial charge in [-0.2, -0.15) is 17.0 Å². The Morgan fingerprint density at radius 1 is 1.07 bits per heavy atom. The molecule has 0 unspecified atom stereocenters. The fraction of sp³-hybridized carbons (Fsp3) is 0.545. The van der Waals surface area contributed by atoms with Gasteiger partial charge >= 0.3 is 0 Å². The minimum absolute atomic E-state index is 0.197. The summed E-state index contributed by atoms with van der Waals surface area (Å²) in [6.45, 7) is 4.96. The van der Waals surface area contributed by atoms with Gasteiger partial charge < -0.3 is 4.90 Å². The van der Waals surface area contributed by atoms with Gasteiger partial charge in [-0.3, -0.25) is 0 Å². The van der Waals surface area contributed by atoms with Gasteiger partial charge in [0.05, 0.1) is 0 Å². The Kier molecular flexibility index (Phi) is 6.09. The quantitative estimate of drug-likeness (QED) is 0.731. The van der Waals surface area contributed by atoms with Crippen molar-refractivity contribution in [1.82, 2.24) is 18.6 Å². The predicted molar refractivity (Wildman–Crippen MR) is 119 cm³/mol. The van der Waals surface area contributed by atoms with Crippen molar-refractivity contribution in [2.45, 2.75) is 45.1 Å². The lowest BCUT2D eigenvalue weighted by Gasteiger charge is -2.34. The molecule has 1 aromatic carbocycles. The molecule has 0 aliphatic carbocycles. The maximum absolute atomic E-state index is 12.4. The third kappa shape index (κ3) is 4.22. The lowest BCUT2D eigenvalue weighted by molar-refractivity contribution is 0.297. The van der Waals surface area contributed by atoms with Crippen molar-refractivity contribution in [3.63, 3.8) is 0 Å². The van der Waals surface area contributed by atoms with Gasteiger partial charge in [-0.1, -0.05) is 30.3 Å². The molecule has 162 valence electrons. The van der Waals surface area contributed by atoms with Crippen molar-refractivity contribution >= 4 is 16.0 Å². The Morgan fingerprint density at radius 3 is 2.43 bits per heavy atom. The Morgan fingerprint density at radius 2 is 1.77 bits per heavy atom. The number of nitrogens with zero attached hydrogens (tertiary/aromatic N) is 5. The summed E-state index contributed by atoms with van der Waals surface area (Å²) in [5.41, 5.74) is 3.61. The molecule has 1 aromatic heterocycles. The van der Waals surface area contributed by atoms with Crippen LogP contribution in [0, 0.1) is 6.92 Å². The van der Waals surface area contributed by atoms with Gasteiger partial charge in [0.1, 0.15) is 11.6 Å². The number of anilines is 1. The van der Waals surface area contributed by atoms with E-state index in [-0.39, 0.29) is 5.92 Å². The van der Waals surface area contributed by atoms with E-state index >= 15 is 0 Å². The van der Waals surface area contributed by atoms with Gasteiger partial charge in [0, 0.05) is 57.4 Å². The third-order valence-electron chi connectivity index (χ3n) is 6.19. The molecule has 0 radical (unpaired) electrons. The van der Waals surface area contributed by atoms with E-state index in [1.165, 1.54) is 15.4 Å². The first-order valence-electron chi connectivity index (χ1n) is 10.7. The van der Waals surface area contributed by atoms with Gasteiger partial charge in [-0.05, 0) is 38.2 Å². The summed E-state index contributed by atoms with van der Waals surface area (Å²) in [4.78, 5) is 12.3. The summed E-state index contributed by atoms with van der Waals surface area (Å²) in [6, 6.07) is 10.5. The normalized spacial score (nSPS) is 18.6. The summed E-state index contributed by atoms with van der Waals surface area (Å²) in [7, 11) is -0.190. The smallest absolute Gasteiger partial charge is 0.281 e. The molecule has 0 atom stereocenters. The number of piperidine rings is 1. The van der Waals surface area contributed by atoms with Crippen LogP contribution in [0.4, 0.5) is 5.82 Å². The molecule has 30 heavy (non-hydrogen) atoms. The number of rotatable bonds is 5. The van der Waals surface area contributed by atoms with Crippen molar-refractivity contribution in [3.8, 4) is 0 Å². The molecule has 0 saturated carbocycles. The molecule has 1 saturated heterocycles. The Hall–Kier alpha value is -2.03. The highest BCUT2D eigenvalue weighted by molar-refractivity contribution is 7.86. The molecule has 8 heteroatoms. The maximum Gasteiger partial charge on any atom is 0.281 e. The van der Waals surface area contributed by atoms with Crippen LogP contribution in [0.1, 0.15) is 47.8 Å². The SMILES string of the molecule is Cc1nc(C2CCN(S(=O)(=O)N(C)C)CC2)nc2c1CCCN2Cc1ccccc1. The van der Waals surface area contributed by atoms with E-state index in [0.717, 1.165) is 56.1 Å². The van der Waals surface area contributed by atoms with Crippen LogP contribution in [-0.2, 0) is 23.2 Å². The summed E-state index contributed by atoms with van der Waals surface area (Å²) < 4.78 is 27.7. The fourth-order valence-electron chi connectivity index (χ4n) is 4.42. The fourth-order valence-corrected chi connectivity index (χ4v) is 5.56. The molecule has 1 fully saturated rings. The topological polar surface area (TPSA) is 69.6 Å². The standard InChI is InChI=1S/C22H31N5O2S/c1-17-20-10-7-13-26(16-18-8-5-4-6-9-18)22(20)24-21(23-17)19-11-14-27(15-12-19)30(28,29)25(2)3/h4-6,8-9,19H,7,10-16H2,1-3H3. The molecular weight excluding hydrogens is 398 g/mol. The molecule has 7 nitrogen and oxygen atoms in total. The molecule has 2 aliphatic heterocycles. The Bertz CT molecular complexity index is 986. The summed E-state index contributed by atoms with van der Waals surface area (Å²) in [5, 5.41) is 0. The van der Waals surface area contributed by atoms with Crippen LogP contribution in [0.3, 0.4) is 0 Å². The van der Waals surface area contributed by atoms with Crippen LogP contribution < -0.4 is 4.90 Å². The third-order valence-corrected chi connectivity index (χ3v) is 8.13. The minimum atomic E-state index is -3.35. The second-order valence-corrected chi connectivity index (χ2v) is 10.6. The van der Waals surface area contributed by atoms with Gasteiger partial charge in [-0.25, -0.2) is 9.97 Å². The average molecular weight is 430 g/mol. The minimum Gasteiger partial charge on any atom is -0.352 e. The first-order valence-corrected chi connectivity index (χ1v) is 12.1. The number of fused-ring (bicyclic) bond motifs is 1. The lowest BCUT2D eigenvalue weighted by Crippen LogP contribution is -2.44. The number of aromatic nitrogens is 2. The van der Waals surface area contributed by atoms with Crippen LogP contribution in [0.2, 0.25) is 0 Å². The van der Waals surface area contributed by atoms with E-state index in [0.29, 0.717) is 13.1 Å². The number of hydrogen-bond donors (Lipinski definition) is 0. The summed E-state index contributed by atoms with van der Waals surface area (Å²) in [5.74, 6) is 2.13. The van der Waals surface area contributed by atoms with Gasteiger partial charge in [0.2, 0.25) is 0 Å². The first-order chi connectivity index (χ1) is 14.4. The molecule has 3 heterocycles. The molecule has 0 N–H and O–H groups in total. The molecule has 0 spiro atoms. The van der Waals surface area contributed by atoms with Gasteiger partial charge in [0.25, 0.3) is 10.2 Å². The van der Waals surface area contributed by atoms with Gasteiger partial charge in [-0.15, -0.1) is 0 Å². The highest BCUT2D eigenvalue weighted by atomic mass is 32.2.